The van der Waals surface area contributed by atoms with Gasteiger partial charge in [-0.1, -0.05) is 17.7 Å². The number of halogens is 1. The van der Waals surface area contributed by atoms with Crippen molar-refractivity contribution < 1.29 is 14.6 Å². The van der Waals surface area contributed by atoms with Gasteiger partial charge in [0.05, 0.1) is 18.2 Å². The van der Waals surface area contributed by atoms with Crippen LogP contribution in [0.25, 0.3) is 0 Å². The van der Waals surface area contributed by atoms with Crippen LogP contribution in [0.1, 0.15) is 47.3 Å². The first kappa shape index (κ1) is 24.7. The molecular formula is C25H34ClN5O3. The van der Waals surface area contributed by atoms with Crippen molar-refractivity contribution in [2.45, 2.75) is 51.2 Å². The molecule has 9 heteroatoms. The number of amides is 1. The second-order valence-corrected chi connectivity index (χ2v) is 9.54. The number of aliphatic hydroxyl groups excluding tert-OH is 1. The zero-order chi connectivity index (χ0) is 24.1. The molecule has 3 heterocycles. The van der Waals surface area contributed by atoms with Gasteiger partial charge in [-0.3, -0.25) is 4.79 Å². The van der Waals surface area contributed by atoms with Crippen molar-refractivity contribution in [1.29, 1.82) is 0 Å². The Bertz CT molecular complexity index is 989. The topological polar surface area (TPSA) is 90.8 Å². The van der Waals surface area contributed by atoms with Crippen LogP contribution in [0.15, 0.2) is 24.5 Å². The lowest BCUT2D eigenvalue weighted by molar-refractivity contribution is 0.0355. The molecule has 2 aliphatic rings. The molecule has 34 heavy (non-hydrogen) atoms. The number of hydrogen-bond donors (Lipinski definition) is 2. The molecule has 0 spiro atoms. The highest BCUT2D eigenvalue weighted by atomic mass is 35.5. The third-order valence-corrected chi connectivity index (χ3v) is 7.27. The fraction of sp³-hybridized carbons (Fsp3) is 0.560. The summed E-state index contributed by atoms with van der Waals surface area (Å²) in [4.78, 5) is 26.3. The van der Waals surface area contributed by atoms with E-state index >= 15 is 0 Å². The first-order valence-electron chi connectivity index (χ1n) is 12.1. The van der Waals surface area contributed by atoms with Crippen LogP contribution in [-0.4, -0.2) is 82.8 Å². The van der Waals surface area contributed by atoms with Gasteiger partial charge in [-0.05, 0) is 56.7 Å². The molecule has 1 amide bonds. The summed E-state index contributed by atoms with van der Waals surface area (Å²) in [7, 11) is 1.60. The first-order chi connectivity index (χ1) is 16.5. The summed E-state index contributed by atoms with van der Waals surface area (Å²) in [5, 5.41) is 13.7. The lowest BCUT2D eigenvalue weighted by Gasteiger charge is -2.41. The lowest BCUT2D eigenvalue weighted by Crippen LogP contribution is -2.49. The van der Waals surface area contributed by atoms with Crippen LogP contribution in [0.4, 0.5) is 5.82 Å². The van der Waals surface area contributed by atoms with Gasteiger partial charge in [0.25, 0.3) is 5.91 Å². The molecule has 2 fully saturated rings. The predicted octanol–water partition coefficient (Wildman–Crippen LogP) is 3.16. The van der Waals surface area contributed by atoms with Crippen molar-refractivity contribution in [3.8, 4) is 5.75 Å². The summed E-state index contributed by atoms with van der Waals surface area (Å²) in [6.07, 6.45) is 5.68. The SMILES string of the molecule is COc1ccc(CCNc2ncnc(C(=O)N3CCC(N4CCC(O)CC4)CC3)c2C)cc1Cl. The molecule has 0 bridgehead atoms. The highest BCUT2D eigenvalue weighted by Gasteiger charge is 2.30. The second kappa shape index (κ2) is 11.3. The van der Waals surface area contributed by atoms with Crippen LogP contribution in [-0.2, 0) is 6.42 Å². The molecule has 4 rings (SSSR count). The number of rotatable bonds is 7. The van der Waals surface area contributed by atoms with Gasteiger partial charge in [0.1, 0.15) is 23.6 Å². The maximum absolute atomic E-state index is 13.2. The fourth-order valence-corrected chi connectivity index (χ4v) is 5.15. The number of likely N-dealkylation sites (tertiary alicyclic amines) is 2. The largest absolute Gasteiger partial charge is 0.495 e. The van der Waals surface area contributed by atoms with Gasteiger partial charge in [-0.25, -0.2) is 9.97 Å². The van der Waals surface area contributed by atoms with Crippen molar-refractivity contribution in [1.82, 2.24) is 19.8 Å². The van der Waals surface area contributed by atoms with Crippen molar-refractivity contribution in [2.75, 3.05) is 45.2 Å². The van der Waals surface area contributed by atoms with Crippen LogP contribution in [0, 0.1) is 6.92 Å². The number of piperidine rings is 2. The van der Waals surface area contributed by atoms with Gasteiger partial charge >= 0.3 is 0 Å². The van der Waals surface area contributed by atoms with E-state index in [1.54, 1.807) is 7.11 Å². The van der Waals surface area contributed by atoms with Crippen molar-refractivity contribution >= 4 is 23.3 Å². The molecule has 0 saturated carbocycles. The summed E-state index contributed by atoms with van der Waals surface area (Å²) in [6.45, 7) is 5.90. The highest BCUT2D eigenvalue weighted by Crippen LogP contribution is 2.26. The number of methoxy groups -OCH3 is 1. The summed E-state index contributed by atoms with van der Waals surface area (Å²) in [5.41, 5.74) is 2.32. The molecule has 2 saturated heterocycles. The minimum atomic E-state index is -0.157. The van der Waals surface area contributed by atoms with E-state index in [9.17, 15) is 9.90 Å². The van der Waals surface area contributed by atoms with Crippen LogP contribution in [0.5, 0.6) is 5.75 Å². The molecule has 2 aliphatic heterocycles. The number of nitrogens with one attached hydrogen (secondary N) is 1. The monoisotopic (exact) mass is 487 g/mol. The average molecular weight is 488 g/mol. The van der Waals surface area contributed by atoms with Gasteiger partial charge in [0, 0.05) is 44.3 Å². The molecule has 0 atom stereocenters. The molecule has 2 aromatic rings. The van der Waals surface area contributed by atoms with E-state index in [2.05, 4.69) is 20.2 Å². The zero-order valence-corrected chi connectivity index (χ0v) is 20.7. The second-order valence-electron chi connectivity index (χ2n) is 9.13. The number of ether oxygens (including phenoxy) is 1. The first-order valence-corrected chi connectivity index (χ1v) is 12.4. The Hall–Kier alpha value is -2.42. The number of aliphatic hydroxyl groups is 1. The summed E-state index contributed by atoms with van der Waals surface area (Å²) in [5.74, 6) is 1.31. The molecule has 0 radical (unpaired) electrons. The number of hydrogen-bond acceptors (Lipinski definition) is 7. The highest BCUT2D eigenvalue weighted by molar-refractivity contribution is 6.32. The number of carbonyl (C=O) groups excluding carboxylic acids is 1. The number of carbonyl (C=O) groups is 1. The number of benzene rings is 1. The molecule has 1 aromatic carbocycles. The Kier molecular flexibility index (Phi) is 8.24. The van der Waals surface area contributed by atoms with Gasteiger partial charge < -0.3 is 25.0 Å². The normalized spacial score (nSPS) is 18.2. The third kappa shape index (κ3) is 5.79. The molecule has 1 aromatic heterocycles. The van der Waals surface area contributed by atoms with Crippen molar-refractivity contribution in [3.63, 3.8) is 0 Å². The van der Waals surface area contributed by atoms with E-state index in [-0.39, 0.29) is 12.0 Å². The number of aromatic nitrogens is 2. The molecule has 8 nitrogen and oxygen atoms in total. The minimum absolute atomic E-state index is 0.0302. The Labute approximate surface area is 206 Å². The lowest BCUT2D eigenvalue weighted by atomic mass is 9.98. The van der Waals surface area contributed by atoms with Crippen molar-refractivity contribution in [3.05, 3.63) is 46.4 Å². The molecular weight excluding hydrogens is 454 g/mol. The molecule has 0 unspecified atom stereocenters. The van der Waals surface area contributed by atoms with Gasteiger partial charge in [0.2, 0.25) is 0 Å². The minimum Gasteiger partial charge on any atom is -0.495 e. The zero-order valence-electron chi connectivity index (χ0n) is 20.0. The standard InChI is InChI=1S/C25H34ClN5O3/c1-17-23(25(33)31-11-6-19(7-12-31)30-13-8-20(32)9-14-30)28-16-29-24(17)27-10-5-18-3-4-22(34-2)21(26)15-18/h3-4,15-16,19-20,32H,5-14H2,1-2H3,(H,27,28,29). The average Bonchev–Trinajstić information content (AvgIpc) is 2.85. The molecule has 184 valence electrons. The van der Waals surface area contributed by atoms with E-state index < -0.39 is 0 Å². The maximum Gasteiger partial charge on any atom is 0.272 e. The Balaban J connectivity index is 1.31. The Morgan fingerprint density at radius 1 is 1.18 bits per heavy atom. The third-order valence-electron chi connectivity index (χ3n) is 6.98. The van der Waals surface area contributed by atoms with Crippen LogP contribution < -0.4 is 10.1 Å². The Morgan fingerprint density at radius 2 is 1.91 bits per heavy atom. The quantitative estimate of drug-likeness (QED) is 0.619. The number of anilines is 1. The van der Waals surface area contributed by atoms with E-state index in [0.717, 1.165) is 69.4 Å². The van der Waals surface area contributed by atoms with Gasteiger partial charge in [0.15, 0.2) is 0 Å². The molecule has 2 N–H and O–H groups in total. The van der Waals surface area contributed by atoms with E-state index in [1.807, 2.05) is 30.0 Å². The van der Waals surface area contributed by atoms with Gasteiger partial charge in [-0.15, -0.1) is 0 Å². The summed E-state index contributed by atoms with van der Waals surface area (Å²) < 4.78 is 5.20. The van der Waals surface area contributed by atoms with Crippen LogP contribution in [0.3, 0.4) is 0 Å². The summed E-state index contributed by atoms with van der Waals surface area (Å²) >= 11 is 6.22. The van der Waals surface area contributed by atoms with Crippen LogP contribution in [0.2, 0.25) is 5.02 Å². The van der Waals surface area contributed by atoms with E-state index in [1.165, 1.54) is 6.33 Å². The van der Waals surface area contributed by atoms with E-state index in [0.29, 0.717) is 34.9 Å². The predicted molar refractivity (Wildman–Crippen MR) is 133 cm³/mol. The fourth-order valence-electron chi connectivity index (χ4n) is 4.87. The van der Waals surface area contributed by atoms with Crippen LogP contribution >= 0.6 is 11.6 Å². The van der Waals surface area contributed by atoms with Crippen molar-refractivity contribution in [2.24, 2.45) is 0 Å². The summed E-state index contributed by atoms with van der Waals surface area (Å²) in [6, 6.07) is 6.25. The Morgan fingerprint density at radius 3 is 2.59 bits per heavy atom. The van der Waals surface area contributed by atoms with E-state index in [4.69, 9.17) is 16.3 Å². The number of nitrogens with zero attached hydrogens (tertiary/aromatic N) is 4. The maximum atomic E-state index is 13.2. The van der Waals surface area contributed by atoms with Gasteiger partial charge in [-0.2, -0.15) is 0 Å². The molecule has 0 aliphatic carbocycles. The smallest absolute Gasteiger partial charge is 0.272 e.